The van der Waals surface area contributed by atoms with Gasteiger partial charge >= 0.3 is 0 Å². The van der Waals surface area contributed by atoms with Gasteiger partial charge in [0.2, 0.25) is 0 Å². The van der Waals surface area contributed by atoms with E-state index in [-0.39, 0.29) is 0 Å². The van der Waals surface area contributed by atoms with Crippen LogP contribution in [0.3, 0.4) is 0 Å². The van der Waals surface area contributed by atoms with Gasteiger partial charge in [0.15, 0.2) is 0 Å². The smallest absolute Gasteiger partial charge is 0.0827 e. The normalized spacial score (nSPS) is 10.8. The van der Waals surface area contributed by atoms with Crippen LogP contribution in [0.15, 0.2) is 28.7 Å². The molecule has 3 heteroatoms. The fraction of sp³-hybridized carbons (Fsp3) is 0.308. The average molecular weight is 279 g/mol. The molecule has 0 bridgehead atoms. The molecule has 0 aliphatic rings. The van der Waals surface area contributed by atoms with Gasteiger partial charge in [0.25, 0.3) is 0 Å². The minimum absolute atomic E-state index is 0.885. The van der Waals surface area contributed by atoms with E-state index in [2.05, 4.69) is 59.1 Å². The number of nitrogens with zero attached hydrogens (tertiary/aromatic N) is 2. The lowest BCUT2D eigenvalue weighted by Gasteiger charge is -2.06. The molecule has 0 saturated heterocycles. The molecule has 1 aromatic heterocycles. The molecular weight excluding hydrogens is 264 g/mol. The maximum absolute atomic E-state index is 4.50. The molecule has 0 atom stereocenters. The van der Waals surface area contributed by atoms with Crippen LogP contribution in [0.5, 0.6) is 0 Å². The van der Waals surface area contributed by atoms with E-state index in [9.17, 15) is 0 Å². The second kappa shape index (κ2) is 4.42. The summed E-state index contributed by atoms with van der Waals surface area (Å²) in [5.74, 6) is 0. The van der Waals surface area contributed by atoms with Crippen LogP contribution in [0, 0.1) is 13.8 Å². The minimum Gasteiger partial charge on any atom is -0.264 e. The van der Waals surface area contributed by atoms with Crippen molar-refractivity contribution in [3.63, 3.8) is 0 Å². The van der Waals surface area contributed by atoms with E-state index >= 15 is 0 Å². The maximum atomic E-state index is 4.50. The molecule has 0 spiro atoms. The molecule has 0 radical (unpaired) electrons. The van der Waals surface area contributed by atoms with Crippen molar-refractivity contribution in [3.8, 4) is 11.3 Å². The molecule has 1 aromatic carbocycles. The molecule has 16 heavy (non-hydrogen) atoms. The zero-order valence-corrected chi connectivity index (χ0v) is 11.4. The topological polar surface area (TPSA) is 17.8 Å². The summed E-state index contributed by atoms with van der Waals surface area (Å²) in [6.07, 6.45) is 0. The van der Waals surface area contributed by atoms with Crippen molar-refractivity contribution in [1.29, 1.82) is 0 Å². The van der Waals surface area contributed by atoms with Crippen LogP contribution in [-0.4, -0.2) is 9.78 Å². The van der Waals surface area contributed by atoms with Crippen LogP contribution in [0.4, 0.5) is 0 Å². The van der Waals surface area contributed by atoms with E-state index in [4.69, 9.17) is 0 Å². The second-order valence-electron chi connectivity index (χ2n) is 3.93. The van der Waals surface area contributed by atoms with Crippen molar-refractivity contribution in [2.75, 3.05) is 0 Å². The lowest BCUT2D eigenvalue weighted by Crippen LogP contribution is -1.99. The molecule has 2 nitrogen and oxygen atoms in total. The van der Waals surface area contributed by atoms with E-state index in [1.807, 2.05) is 11.6 Å². The Labute approximate surface area is 104 Å². The Morgan fingerprint density at radius 1 is 1.31 bits per heavy atom. The van der Waals surface area contributed by atoms with Crippen LogP contribution in [0.2, 0.25) is 0 Å². The standard InChI is InChI=1S/C13H15BrN2/c1-4-16-13(12(14)10(3)15-16)11-7-5-6-9(2)8-11/h5-8H,4H2,1-3H3. The molecule has 84 valence electrons. The minimum atomic E-state index is 0.885. The number of aryl methyl sites for hydroxylation is 3. The summed E-state index contributed by atoms with van der Waals surface area (Å²) in [6, 6.07) is 8.50. The fourth-order valence-corrected chi connectivity index (χ4v) is 2.37. The number of rotatable bonds is 2. The highest BCUT2D eigenvalue weighted by Crippen LogP contribution is 2.31. The summed E-state index contributed by atoms with van der Waals surface area (Å²) in [6.45, 7) is 7.13. The van der Waals surface area contributed by atoms with Gasteiger partial charge in [0.1, 0.15) is 0 Å². The Morgan fingerprint density at radius 2 is 2.06 bits per heavy atom. The molecule has 0 N–H and O–H groups in total. The van der Waals surface area contributed by atoms with Crippen LogP contribution < -0.4 is 0 Å². The predicted octanol–water partition coefficient (Wildman–Crippen LogP) is 3.95. The predicted molar refractivity (Wildman–Crippen MR) is 70.5 cm³/mol. The maximum Gasteiger partial charge on any atom is 0.0827 e. The molecule has 1 heterocycles. The first-order chi connectivity index (χ1) is 7.63. The Bertz CT molecular complexity index is 515. The Hall–Kier alpha value is -1.09. The molecule has 0 unspecified atom stereocenters. The summed E-state index contributed by atoms with van der Waals surface area (Å²) in [5.41, 5.74) is 4.70. The second-order valence-corrected chi connectivity index (χ2v) is 4.73. The largest absolute Gasteiger partial charge is 0.264 e. The molecular formula is C13H15BrN2. The molecule has 0 amide bonds. The van der Waals surface area contributed by atoms with Gasteiger partial charge in [-0.1, -0.05) is 23.8 Å². The molecule has 0 aliphatic carbocycles. The third-order valence-corrected chi connectivity index (χ3v) is 3.59. The SMILES string of the molecule is CCn1nc(C)c(Br)c1-c1cccc(C)c1. The lowest BCUT2D eigenvalue weighted by molar-refractivity contribution is 0.660. The highest BCUT2D eigenvalue weighted by molar-refractivity contribution is 9.10. The summed E-state index contributed by atoms with van der Waals surface area (Å²) in [7, 11) is 0. The van der Waals surface area contributed by atoms with Gasteiger partial charge in [-0.05, 0) is 42.8 Å². The van der Waals surface area contributed by atoms with Gasteiger partial charge in [-0.2, -0.15) is 5.10 Å². The van der Waals surface area contributed by atoms with Crippen LogP contribution in [0.25, 0.3) is 11.3 Å². The summed E-state index contributed by atoms with van der Waals surface area (Å²) >= 11 is 3.62. The number of hydrogen-bond acceptors (Lipinski definition) is 1. The van der Waals surface area contributed by atoms with Crippen molar-refractivity contribution in [2.24, 2.45) is 0 Å². The third kappa shape index (κ3) is 1.92. The van der Waals surface area contributed by atoms with E-state index in [1.54, 1.807) is 0 Å². The average Bonchev–Trinajstić information content (AvgIpc) is 2.55. The van der Waals surface area contributed by atoms with Gasteiger partial charge in [0.05, 0.1) is 15.9 Å². The van der Waals surface area contributed by atoms with Crippen LogP contribution in [-0.2, 0) is 6.54 Å². The van der Waals surface area contributed by atoms with Crippen LogP contribution >= 0.6 is 15.9 Å². The van der Waals surface area contributed by atoms with E-state index < -0.39 is 0 Å². The zero-order chi connectivity index (χ0) is 11.7. The highest BCUT2D eigenvalue weighted by atomic mass is 79.9. The van der Waals surface area contributed by atoms with Gasteiger partial charge < -0.3 is 0 Å². The Morgan fingerprint density at radius 3 is 2.69 bits per heavy atom. The van der Waals surface area contributed by atoms with Crippen molar-refractivity contribution in [2.45, 2.75) is 27.3 Å². The van der Waals surface area contributed by atoms with Crippen LogP contribution in [0.1, 0.15) is 18.2 Å². The summed E-state index contributed by atoms with van der Waals surface area (Å²) in [4.78, 5) is 0. The molecule has 0 aliphatic heterocycles. The van der Waals surface area contributed by atoms with Crippen molar-refractivity contribution in [3.05, 3.63) is 40.0 Å². The number of halogens is 1. The molecule has 0 fully saturated rings. The zero-order valence-electron chi connectivity index (χ0n) is 9.79. The van der Waals surface area contributed by atoms with Gasteiger partial charge in [0, 0.05) is 12.1 Å². The highest BCUT2D eigenvalue weighted by Gasteiger charge is 2.13. The van der Waals surface area contributed by atoms with E-state index in [0.29, 0.717) is 0 Å². The first-order valence-electron chi connectivity index (χ1n) is 5.43. The first kappa shape index (κ1) is 11.4. The van der Waals surface area contributed by atoms with E-state index in [1.165, 1.54) is 16.8 Å². The Balaban J connectivity index is 2.63. The van der Waals surface area contributed by atoms with Gasteiger partial charge in [-0.25, -0.2) is 0 Å². The molecule has 2 rings (SSSR count). The number of hydrogen-bond donors (Lipinski definition) is 0. The monoisotopic (exact) mass is 278 g/mol. The molecule has 2 aromatic rings. The summed E-state index contributed by atoms with van der Waals surface area (Å²) < 4.78 is 3.13. The van der Waals surface area contributed by atoms with Crippen molar-refractivity contribution in [1.82, 2.24) is 9.78 Å². The number of benzene rings is 1. The first-order valence-corrected chi connectivity index (χ1v) is 6.22. The van der Waals surface area contributed by atoms with Gasteiger partial charge in [-0.15, -0.1) is 0 Å². The lowest BCUT2D eigenvalue weighted by atomic mass is 10.1. The van der Waals surface area contributed by atoms with Crippen molar-refractivity contribution < 1.29 is 0 Å². The fourth-order valence-electron chi connectivity index (χ4n) is 1.86. The molecule has 0 saturated carbocycles. The van der Waals surface area contributed by atoms with Gasteiger partial charge in [-0.3, -0.25) is 4.68 Å². The number of aromatic nitrogens is 2. The van der Waals surface area contributed by atoms with Crippen molar-refractivity contribution >= 4 is 15.9 Å². The Kier molecular flexibility index (Phi) is 3.15. The third-order valence-electron chi connectivity index (χ3n) is 2.65. The van der Waals surface area contributed by atoms with E-state index in [0.717, 1.165) is 16.7 Å². The summed E-state index contributed by atoms with van der Waals surface area (Å²) in [5, 5.41) is 4.50. The quantitative estimate of drug-likeness (QED) is 0.814.